The molecule has 1 atom stereocenters. The van der Waals surface area contributed by atoms with Crippen LogP contribution in [0.4, 0.5) is 11.5 Å². The number of nitrogens with one attached hydrogen (secondary N) is 2. The zero-order chi connectivity index (χ0) is 22.2. The van der Waals surface area contributed by atoms with Gasteiger partial charge in [-0.25, -0.2) is 15.0 Å². The van der Waals surface area contributed by atoms with E-state index in [1.54, 1.807) is 12.5 Å². The van der Waals surface area contributed by atoms with Gasteiger partial charge in [-0.15, -0.1) is 0 Å². The van der Waals surface area contributed by atoms with Gasteiger partial charge in [-0.3, -0.25) is 4.90 Å². The first-order valence-corrected chi connectivity index (χ1v) is 11.5. The number of aromatic nitrogens is 4. The third-order valence-electron chi connectivity index (χ3n) is 6.29. The highest BCUT2D eigenvalue weighted by molar-refractivity contribution is 6.36. The van der Waals surface area contributed by atoms with Gasteiger partial charge in [0.25, 0.3) is 0 Å². The lowest BCUT2D eigenvalue weighted by atomic mass is 10.1. The summed E-state index contributed by atoms with van der Waals surface area (Å²) in [5, 5.41) is 6.47. The molecule has 3 aromatic heterocycles. The van der Waals surface area contributed by atoms with Crippen molar-refractivity contribution in [1.29, 1.82) is 0 Å². The van der Waals surface area contributed by atoms with Crippen LogP contribution in [0.15, 0.2) is 42.9 Å². The molecule has 0 bridgehead atoms. The molecule has 1 aliphatic rings. The van der Waals surface area contributed by atoms with Gasteiger partial charge in [0.2, 0.25) is 0 Å². The second-order valence-electron chi connectivity index (χ2n) is 8.65. The van der Waals surface area contributed by atoms with Crippen LogP contribution < -0.4 is 10.2 Å². The third-order valence-corrected chi connectivity index (χ3v) is 6.61. The van der Waals surface area contributed by atoms with E-state index in [0.29, 0.717) is 11.7 Å². The molecule has 0 amide bonds. The smallest absolute Gasteiger partial charge is 0.179 e. The molecule has 1 saturated heterocycles. The zero-order valence-corrected chi connectivity index (χ0v) is 19.4. The summed E-state index contributed by atoms with van der Waals surface area (Å²) in [5.41, 5.74) is 3.53. The number of aromatic amines is 1. The molecular formula is C24H28ClN7. The number of hydrogen-bond donors (Lipinski definition) is 2. The number of pyridine rings is 2. The van der Waals surface area contributed by atoms with Crippen molar-refractivity contribution in [2.45, 2.75) is 32.9 Å². The predicted octanol–water partition coefficient (Wildman–Crippen LogP) is 4.86. The van der Waals surface area contributed by atoms with Crippen molar-refractivity contribution >= 4 is 45.0 Å². The van der Waals surface area contributed by atoms with Gasteiger partial charge < -0.3 is 15.2 Å². The van der Waals surface area contributed by atoms with Gasteiger partial charge in [-0.1, -0.05) is 23.7 Å². The normalized spacial score (nSPS) is 16.2. The van der Waals surface area contributed by atoms with Crippen molar-refractivity contribution in [2.75, 3.05) is 36.4 Å². The fraction of sp³-hybridized carbons (Fsp3) is 0.375. The van der Waals surface area contributed by atoms with E-state index >= 15 is 0 Å². The molecule has 2 N–H and O–H groups in total. The van der Waals surface area contributed by atoms with Crippen LogP contribution in [-0.2, 0) is 0 Å². The summed E-state index contributed by atoms with van der Waals surface area (Å²) in [6, 6.07) is 10.7. The number of hydrogen-bond acceptors (Lipinski definition) is 6. The van der Waals surface area contributed by atoms with E-state index in [1.807, 2.05) is 18.2 Å². The molecule has 32 heavy (non-hydrogen) atoms. The molecule has 0 saturated carbocycles. The summed E-state index contributed by atoms with van der Waals surface area (Å²) in [4.78, 5) is 21.8. The van der Waals surface area contributed by atoms with E-state index in [1.165, 1.54) is 0 Å². The van der Waals surface area contributed by atoms with Crippen molar-refractivity contribution in [1.82, 2.24) is 24.8 Å². The second-order valence-corrected chi connectivity index (χ2v) is 9.06. The Labute approximate surface area is 192 Å². The van der Waals surface area contributed by atoms with Crippen molar-refractivity contribution in [3.63, 3.8) is 0 Å². The number of piperazine rings is 1. The summed E-state index contributed by atoms with van der Waals surface area (Å²) in [7, 11) is 0. The third kappa shape index (κ3) is 3.87. The van der Waals surface area contributed by atoms with Gasteiger partial charge in [0, 0.05) is 43.8 Å². The van der Waals surface area contributed by atoms with E-state index in [4.69, 9.17) is 16.6 Å². The molecular weight excluding hydrogens is 422 g/mol. The van der Waals surface area contributed by atoms with Crippen LogP contribution in [0.2, 0.25) is 5.02 Å². The minimum absolute atomic E-state index is 0.0111. The average molecular weight is 450 g/mol. The highest BCUT2D eigenvalue weighted by Gasteiger charge is 2.23. The largest absolute Gasteiger partial charge is 0.375 e. The Morgan fingerprint density at radius 2 is 1.88 bits per heavy atom. The number of H-pyrrole nitrogens is 1. The maximum Gasteiger partial charge on any atom is 0.179 e. The van der Waals surface area contributed by atoms with Crippen LogP contribution in [0.25, 0.3) is 21.9 Å². The zero-order valence-electron chi connectivity index (χ0n) is 18.6. The van der Waals surface area contributed by atoms with E-state index in [-0.39, 0.29) is 6.04 Å². The Morgan fingerprint density at radius 1 is 1.06 bits per heavy atom. The number of nitrogens with zero attached hydrogens (tertiary/aromatic N) is 5. The average Bonchev–Trinajstić information content (AvgIpc) is 3.28. The van der Waals surface area contributed by atoms with Crippen molar-refractivity contribution < 1.29 is 0 Å². The van der Waals surface area contributed by atoms with Crippen LogP contribution in [0.1, 0.15) is 32.5 Å². The lowest BCUT2D eigenvalue weighted by Gasteiger charge is -2.38. The molecule has 1 aromatic carbocycles. The lowest BCUT2D eigenvalue weighted by molar-refractivity contribution is 0.209. The molecule has 0 spiro atoms. The van der Waals surface area contributed by atoms with Crippen molar-refractivity contribution in [2.24, 2.45) is 0 Å². The van der Waals surface area contributed by atoms with Gasteiger partial charge in [0.15, 0.2) is 5.65 Å². The maximum absolute atomic E-state index is 6.66. The molecule has 0 radical (unpaired) electrons. The monoisotopic (exact) mass is 449 g/mol. The number of imidazole rings is 1. The fourth-order valence-electron chi connectivity index (χ4n) is 4.44. The molecule has 8 heteroatoms. The maximum atomic E-state index is 6.66. The van der Waals surface area contributed by atoms with E-state index in [2.05, 4.69) is 63.0 Å². The lowest BCUT2D eigenvalue weighted by Crippen LogP contribution is -2.49. The molecule has 0 aliphatic carbocycles. The molecule has 7 nitrogen and oxygen atoms in total. The van der Waals surface area contributed by atoms with Gasteiger partial charge in [-0.05, 0) is 44.4 Å². The first-order valence-electron chi connectivity index (χ1n) is 11.1. The number of halogens is 1. The van der Waals surface area contributed by atoms with Gasteiger partial charge in [0.05, 0.1) is 28.8 Å². The standard InChI is InChI=1S/C24H28ClN7/c1-15(2)31-9-11-32(12-10-31)24-21-17(5-4-6-18(21)25)13-20(30-24)16(3)29-19-7-8-26-23-22(19)27-14-28-23/h4-8,13-16H,9-12H2,1-3H3,(H2,26,27,28,29)/t16-/m0/s1. The second kappa shape index (κ2) is 8.56. The van der Waals surface area contributed by atoms with Crippen LogP contribution >= 0.6 is 11.6 Å². The molecule has 0 unspecified atom stereocenters. The molecule has 1 aliphatic heterocycles. The summed E-state index contributed by atoms with van der Waals surface area (Å²) in [5.74, 6) is 0.974. The molecule has 4 aromatic rings. The molecule has 166 valence electrons. The topological polar surface area (TPSA) is 73.0 Å². The van der Waals surface area contributed by atoms with E-state index in [0.717, 1.165) is 64.7 Å². The minimum Gasteiger partial charge on any atom is -0.375 e. The van der Waals surface area contributed by atoms with Gasteiger partial charge in [-0.2, -0.15) is 0 Å². The van der Waals surface area contributed by atoms with E-state index in [9.17, 15) is 0 Å². The van der Waals surface area contributed by atoms with Crippen LogP contribution in [0.3, 0.4) is 0 Å². The van der Waals surface area contributed by atoms with Crippen LogP contribution in [0, 0.1) is 0 Å². The Kier molecular flexibility index (Phi) is 5.61. The molecule has 5 rings (SSSR count). The van der Waals surface area contributed by atoms with Crippen molar-refractivity contribution in [3.8, 4) is 0 Å². The SMILES string of the molecule is CC(C)N1CCN(c2nc([C@H](C)Nc3ccnc4nc[nH]c34)cc3cccc(Cl)c23)CC1. The summed E-state index contributed by atoms with van der Waals surface area (Å²) < 4.78 is 0. The highest BCUT2D eigenvalue weighted by atomic mass is 35.5. The summed E-state index contributed by atoms with van der Waals surface area (Å²) in [6.45, 7) is 10.6. The Bertz CT molecular complexity index is 1240. The van der Waals surface area contributed by atoms with Crippen molar-refractivity contribution in [3.05, 3.63) is 53.6 Å². The summed E-state index contributed by atoms with van der Waals surface area (Å²) >= 11 is 6.66. The number of benzene rings is 1. The first-order chi connectivity index (χ1) is 15.5. The van der Waals surface area contributed by atoms with Crippen LogP contribution in [0.5, 0.6) is 0 Å². The van der Waals surface area contributed by atoms with E-state index < -0.39 is 0 Å². The molecule has 1 fully saturated rings. The number of rotatable bonds is 5. The van der Waals surface area contributed by atoms with Gasteiger partial charge >= 0.3 is 0 Å². The highest BCUT2D eigenvalue weighted by Crippen LogP contribution is 2.35. The Hall–Kier alpha value is -2.90. The first kappa shape index (κ1) is 21.0. The fourth-order valence-corrected chi connectivity index (χ4v) is 4.71. The minimum atomic E-state index is -0.0111. The Morgan fingerprint density at radius 3 is 2.66 bits per heavy atom. The quantitative estimate of drug-likeness (QED) is 0.453. The Balaban J connectivity index is 1.51. The summed E-state index contributed by atoms with van der Waals surface area (Å²) in [6.07, 6.45) is 3.43. The van der Waals surface area contributed by atoms with Crippen LogP contribution in [-0.4, -0.2) is 57.1 Å². The van der Waals surface area contributed by atoms with Gasteiger partial charge in [0.1, 0.15) is 11.3 Å². The molecule has 4 heterocycles. The number of anilines is 2. The number of fused-ring (bicyclic) bond motifs is 2. The predicted molar refractivity (Wildman–Crippen MR) is 132 cm³/mol.